The molecule has 4 atom stereocenters. The lowest BCUT2D eigenvalue weighted by Crippen LogP contribution is -2.57. The Morgan fingerprint density at radius 3 is 1.35 bits per heavy atom. The Morgan fingerprint density at radius 2 is 0.977 bits per heavy atom. The summed E-state index contributed by atoms with van der Waals surface area (Å²) in [7, 11) is -8.74. The van der Waals surface area contributed by atoms with Crippen LogP contribution in [0.15, 0.2) is 17.1 Å². The minimum atomic E-state index is -2.24. The van der Waals surface area contributed by atoms with Crippen molar-refractivity contribution in [3.63, 3.8) is 0 Å². The lowest BCUT2D eigenvalue weighted by atomic mass is 10.0. The monoisotopic (exact) mass is 673 g/mol. The van der Waals surface area contributed by atoms with Gasteiger partial charge in [-0.15, -0.1) is 0 Å². The van der Waals surface area contributed by atoms with Crippen LogP contribution in [0.5, 0.6) is 0 Å². The fourth-order valence-electron chi connectivity index (χ4n) is 3.86. The topological polar surface area (TPSA) is 63.0 Å². The third-order valence-electron chi connectivity index (χ3n) is 11.1. The summed E-state index contributed by atoms with van der Waals surface area (Å²) < 4.78 is 34.6. The van der Waals surface area contributed by atoms with E-state index in [-0.39, 0.29) is 44.6 Å². The van der Waals surface area contributed by atoms with Crippen molar-refractivity contribution < 1.29 is 22.1 Å². The quantitative estimate of drug-likeness (QED) is 0.194. The van der Waals surface area contributed by atoms with E-state index in [2.05, 4.69) is 147 Å². The lowest BCUT2D eigenvalue weighted by Gasteiger charge is -2.49. The van der Waals surface area contributed by atoms with Crippen LogP contribution in [0, 0.1) is 0 Å². The maximum atomic E-state index is 7.42. The van der Waals surface area contributed by atoms with Crippen molar-refractivity contribution in [3.05, 3.63) is 18.4 Å². The molecule has 10 heteroatoms. The fraction of sp³-hybridized carbons (Fsp3) is 0.909. The Bertz CT molecular complexity index is 996. The Morgan fingerprint density at radius 1 is 0.605 bits per heavy atom. The number of rotatable bonds is 13. The van der Waals surface area contributed by atoms with E-state index in [9.17, 15) is 0 Å². The maximum Gasteiger partial charge on any atom is 0.192 e. The van der Waals surface area contributed by atoms with E-state index in [1.54, 1.807) is 6.26 Å². The van der Waals surface area contributed by atoms with Gasteiger partial charge in [-0.1, -0.05) is 83.1 Å². The van der Waals surface area contributed by atoms with E-state index >= 15 is 0 Å². The van der Waals surface area contributed by atoms with Gasteiger partial charge < -0.3 is 22.1 Å². The summed E-state index contributed by atoms with van der Waals surface area (Å²) in [6, 6.07) is 0. The molecule has 4 unspecified atom stereocenters. The summed E-state index contributed by atoms with van der Waals surface area (Å²) in [4.78, 5) is 4.62. The van der Waals surface area contributed by atoms with Gasteiger partial charge in [-0.2, -0.15) is 0 Å². The number of hydrogen-bond acceptors (Lipinski definition) is 6. The lowest BCUT2D eigenvalue weighted by molar-refractivity contribution is -0.0492. The highest BCUT2D eigenvalue weighted by atomic mass is 28.4. The Labute approximate surface area is 271 Å². The van der Waals surface area contributed by atoms with E-state index in [4.69, 9.17) is 22.1 Å². The number of aromatic nitrogens is 1. The standard InChI is InChI=1S/C33H71NO5Si4/c1-25(36-40(14,15)30(2,3)4)29(39-43(20,21)33(11,12)13)28(38-42(18,19)32(8,9)10)22-27(26-23-35-24-34-26)37-41(16,17)31(5,6)7/h23-25,27-29H,22H2,1-21H3. The highest BCUT2D eigenvalue weighted by molar-refractivity contribution is 6.75. The molecular formula is C33H71NO5Si4. The predicted molar refractivity (Wildman–Crippen MR) is 194 cm³/mol. The zero-order valence-corrected chi connectivity index (χ0v) is 36.2. The van der Waals surface area contributed by atoms with E-state index in [1.807, 2.05) is 0 Å². The predicted octanol–water partition coefficient (Wildman–Crippen LogP) is 11.3. The first-order valence-electron chi connectivity index (χ1n) is 16.4. The van der Waals surface area contributed by atoms with Crippen LogP contribution in [-0.4, -0.2) is 56.6 Å². The van der Waals surface area contributed by atoms with Crippen LogP contribution < -0.4 is 0 Å². The first-order chi connectivity index (χ1) is 18.8. The molecule has 6 nitrogen and oxygen atoms in total. The smallest absolute Gasteiger partial charge is 0.192 e. The van der Waals surface area contributed by atoms with E-state index in [1.165, 1.54) is 6.39 Å². The number of nitrogens with zero attached hydrogens (tertiary/aromatic N) is 1. The highest BCUT2D eigenvalue weighted by Crippen LogP contribution is 2.46. The van der Waals surface area contributed by atoms with Gasteiger partial charge in [0.15, 0.2) is 39.7 Å². The highest BCUT2D eigenvalue weighted by Gasteiger charge is 2.50. The molecule has 0 fully saturated rings. The second-order valence-corrected chi connectivity index (χ2v) is 37.9. The first-order valence-corrected chi connectivity index (χ1v) is 28.0. The van der Waals surface area contributed by atoms with Gasteiger partial charge in [-0.3, -0.25) is 0 Å². The fourth-order valence-corrected chi connectivity index (χ4v) is 9.27. The molecule has 0 aliphatic rings. The van der Waals surface area contributed by atoms with Gasteiger partial charge in [-0.25, -0.2) is 4.98 Å². The van der Waals surface area contributed by atoms with Crippen LogP contribution in [0.25, 0.3) is 0 Å². The zero-order chi connectivity index (χ0) is 34.3. The number of oxazole rings is 1. The molecule has 0 bridgehead atoms. The summed E-state index contributed by atoms with van der Waals surface area (Å²) in [5.74, 6) is 0. The van der Waals surface area contributed by atoms with Crippen LogP contribution in [-0.2, 0) is 17.7 Å². The van der Waals surface area contributed by atoms with Crippen LogP contribution in [0.3, 0.4) is 0 Å². The molecule has 0 saturated carbocycles. The summed E-state index contributed by atoms with van der Waals surface area (Å²) in [6.45, 7) is 48.4. The first kappa shape index (κ1) is 40.9. The molecule has 0 spiro atoms. The van der Waals surface area contributed by atoms with Crippen LogP contribution in [0.4, 0.5) is 0 Å². The molecular weight excluding hydrogens is 603 g/mol. The van der Waals surface area contributed by atoms with Gasteiger partial charge in [0.1, 0.15) is 12.0 Å². The maximum absolute atomic E-state index is 7.42. The molecule has 1 heterocycles. The van der Waals surface area contributed by atoms with Gasteiger partial charge >= 0.3 is 0 Å². The van der Waals surface area contributed by atoms with Gasteiger partial charge in [0.25, 0.3) is 0 Å². The normalized spacial score (nSPS) is 18.0. The molecule has 0 amide bonds. The molecule has 0 aliphatic carbocycles. The molecule has 254 valence electrons. The zero-order valence-electron chi connectivity index (χ0n) is 32.2. The average Bonchev–Trinajstić information content (AvgIpc) is 3.27. The summed E-state index contributed by atoms with van der Waals surface area (Å²) >= 11 is 0. The molecule has 0 saturated heterocycles. The molecule has 43 heavy (non-hydrogen) atoms. The largest absolute Gasteiger partial charge is 0.451 e. The van der Waals surface area contributed by atoms with Gasteiger partial charge in [-0.05, 0) is 79.5 Å². The molecule has 0 radical (unpaired) electrons. The van der Waals surface area contributed by atoms with Gasteiger partial charge in [0.05, 0.1) is 24.4 Å². The average molecular weight is 674 g/mol. The number of hydrogen-bond donors (Lipinski definition) is 0. The molecule has 1 aromatic heterocycles. The molecule has 0 N–H and O–H groups in total. The van der Waals surface area contributed by atoms with E-state index in [0.29, 0.717) is 6.42 Å². The minimum Gasteiger partial charge on any atom is -0.451 e. The Balaban J connectivity index is 3.87. The molecule has 1 rings (SSSR count). The van der Waals surface area contributed by atoms with Crippen molar-refractivity contribution in [2.24, 2.45) is 0 Å². The third-order valence-corrected chi connectivity index (χ3v) is 29.1. The van der Waals surface area contributed by atoms with Crippen molar-refractivity contribution >= 4 is 33.3 Å². The van der Waals surface area contributed by atoms with Crippen LogP contribution >= 0.6 is 0 Å². The molecule has 0 aromatic carbocycles. The van der Waals surface area contributed by atoms with Crippen molar-refractivity contribution in [2.45, 2.75) is 193 Å². The summed E-state index contributed by atoms with van der Waals surface area (Å²) in [5, 5.41) is 0.181. The molecule has 0 aliphatic heterocycles. The van der Waals surface area contributed by atoms with E-state index < -0.39 is 33.3 Å². The van der Waals surface area contributed by atoms with Crippen molar-refractivity contribution in [1.82, 2.24) is 4.98 Å². The Hall–Kier alpha value is -0.0825. The SMILES string of the molecule is CC(O[Si](C)(C)C(C)(C)C)C(O[Si](C)(C)C(C)(C)C)C(CC(O[Si](C)(C)C(C)(C)C)c1cocn1)O[Si](C)(C)C(C)(C)C. The molecule has 1 aromatic rings. The van der Waals surface area contributed by atoms with Crippen molar-refractivity contribution in [3.8, 4) is 0 Å². The van der Waals surface area contributed by atoms with Crippen molar-refractivity contribution in [1.29, 1.82) is 0 Å². The van der Waals surface area contributed by atoms with Crippen molar-refractivity contribution in [2.75, 3.05) is 0 Å². The Kier molecular flexibility index (Phi) is 12.9. The van der Waals surface area contributed by atoms with Gasteiger partial charge in [0, 0.05) is 6.42 Å². The second kappa shape index (κ2) is 13.6. The minimum absolute atomic E-state index is 0.0278. The van der Waals surface area contributed by atoms with Crippen LogP contribution in [0.2, 0.25) is 72.5 Å². The third kappa shape index (κ3) is 10.7. The van der Waals surface area contributed by atoms with Gasteiger partial charge in [0.2, 0.25) is 0 Å². The van der Waals surface area contributed by atoms with E-state index in [0.717, 1.165) is 5.69 Å². The summed E-state index contributed by atoms with van der Waals surface area (Å²) in [6.07, 6.45) is 2.92. The summed E-state index contributed by atoms with van der Waals surface area (Å²) in [5.41, 5.74) is 0.817. The second-order valence-electron chi connectivity index (χ2n) is 18.9. The van der Waals surface area contributed by atoms with Crippen LogP contribution in [0.1, 0.15) is 108 Å².